The third kappa shape index (κ3) is 3.42. The molecule has 0 atom stereocenters. The van der Waals surface area contributed by atoms with Crippen LogP contribution in [0.2, 0.25) is 0 Å². The van der Waals surface area contributed by atoms with E-state index in [0.717, 1.165) is 11.1 Å². The zero-order chi connectivity index (χ0) is 14.7. The second-order valence-corrected chi connectivity index (χ2v) is 5.23. The van der Waals surface area contributed by atoms with E-state index in [4.69, 9.17) is 0 Å². The number of hydrogen-bond acceptors (Lipinski definition) is 1. The second-order valence-electron chi connectivity index (χ2n) is 5.23. The molecule has 0 bridgehead atoms. The molecule has 106 valence electrons. The van der Waals surface area contributed by atoms with Crippen molar-refractivity contribution in [1.82, 2.24) is 5.32 Å². The Labute approximate surface area is 118 Å². The van der Waals surface area contributed by atoms with Gasteiger partial charge < -0.3 is 5.32 Å². The molecule has 0 saturated carbocycles. The fourth-order valence-corrected chi connectivity index (χ4v) is 2.31. The van der Waals surface area contributed by atoms with Gasteiger partial charge in [-0.15, -0.1) is 0 Å². The third-order valence-corrected chi connectivity index (χ3v) is 3.38. The summed E-state index contributed by atoms with van der Waals surface area (Å²) in [6.45, 7) is 6.63. The van der Waals surface area contributed by atoms with Crippen molar-refractivity contribution in [3.63, 3.8) is 0 Å². The topological polar surface area (TPSA) is 12.0 Å². The molecule has 0 aliphatic heterocycles. The van der Waals surface area contributed by atoms with E-state index in [2.05, 4.69) is 5.32 Å². The van der Waals surface area contributed by atoms with E-state index >= 15 is 0 Å². The Kier molecular flexibility index (Phi) is 4.50. The van der Waals surface area contributed by atoms with Gasteiger partial charge in [-0.2, -0.15) is 0 Å². The van der Waals surface area contributed by atoms with Crippen LogP contribution in [0.5, 0.6) is 0 Å². The van der Waals surface area contributed by atoms with Crippen molar-refractivity contribution in [2.75, 3.05) is 0 Å². The van der Waals surface area contributed by atoms with Gasteiger partial charge in [0.25, 0.3) is 0 Å². The second kappa shape index (κ2) is 6.14. The molecule has 0 amide bonds. The highest BCUT2D eigenvalue weighted by Crippen LogP contribution is 2.15. The summed E-state index contributed by atoms with van der Waals surface area (Å²) in [5.41, 5.74) is 4.08. The molecular weight excluding hydrogens is 256 g/mol. The van der Waals surface area contributed by atoms with E-state index in [1.54, 1.807) is 26.8 Å². The van der Waals surface area contributed by atoms with Gasteiger partial charge in [0, 0.05) is 13.1 Å². The first-order valence-electron chi connectivity index (χ1n) is 6.68. The lowest BCUT2D eigenvalue weighted by atomic mass is 10.1. The van der Waals surface area contributed by atoms with Gasteiger partial charge in [0.1, 0.15) is 11.6 Å². The van der Waals surface area contributed by atoms with Gasteiger partial charge in [0.15, 0.2) is 0 Å². The van der Waals surface area contributed by atoms with Gasteiger partial charge in [-0.25, -0.2) is 8.78 Å². The molecule has 0 fully saturated rings. The summed E-state index contributed by atoms with van der Waals surface area (Å²) in [4.78, 5) is 0. The van der Waals surface area contributed by atoms with E-state index in [0.29, 0.717) is 29.8 Å². The molecular formula is C17H19F2N. The molecule has 3 heteroatoms. The molecule has 20 heavy (non-hydrogen) atoms. The molecule has 0 heterocycles. The molecule has 0 radical (unpaired) electrons. The van der Waals surface area contributed by atoms with Crippen LogP contribution in [-0.4, -0.2) is 0 Å². The number of aryl methyl sites for hydroxylation is 3. The Morgan fingerprint density at radius 3 is 1.95 bits per heavy atom. The minimum atomic E-state index is -0.182. The molecule has 0 spiro atoms. The SMILES string of the molecule is Cc1cc(CNCc2cc(C)c(F)c(C)c2)ccc1F. The van der Waals surface area contributed by atoms with Crippen molar-refractivity contribution in [1.29, 1.82) is 0 Å². The highest BCUT2D eigenvalue weighted by Gasteiger charge is 2.04. The van der Waals surface area contributed by atoms with Crippen molar-refractivity contribution in [2.45, 2.75) is 33.9 Å². The molecule has 1 N–H and O–H groups in total. The van der Waals surface area contributed by atoms with E-state index in [1.165, 1.54) is 6.07 Å². The zero-order valence-electron chi connectivity index (χ0n) is 12.1. The molecule has 0 aromatic heterocycles. The van der Waals surface area contributed by atoms with Crippen molar-refractivity contribution in [2.24, 2.45) is 0 Å². The first-order valence-corrected chi connectivity index (χ1v) is 6.68. The first kappa shape index (κ1) is 14.7. The van der Waals surface area contributed by atoms with Crippen LogP contribution in [0.3, 0.4) is 0 Å². The minimum absolute atomic E-state index is 0.136. The van der Waals surface area contributed by atoms with Gasteiger partial charge in [-0.05, 0) is 54.7 Å². The largest absolute Gasteiger partial charge is 0.309 e. The fraction of sp³-hybridized carbons (Fsp3) is 0.294. The summed E-state index contributed by atoms with van der Waals surface area (Å²) in [6, 6.07) is 8.80. The molecule has 2 aromatic rings. The van der Waals surface area contributed by atoms with Crippen LogP contribution in [0.4, 0.5) is 8.78 Å². The van der Waals surface area contributed by atoms with Crippen LogP contribution in [0.25, 0.3) is 0 Å². The summed E-state index contributed by atoms with van der Waals surface area (Å²) in [7, 11) is 0. The average Bonchev–Trinajstić information content (AvgIpc) is 2.40. The van der Waals surface area contributed by atoms with Crippen molar-refractivity contribution in [3.05, 3.63) is 69.8 Å². The lowest BCUT2D eigenvalue weighted by Gasteiger charge is -2.09. The zero-order valence-corrected chi connectivity index (χ0v) is 12.1. The Morgan fingerprint density at radius 1 is 0.800 bits per heavy atom. The number of benzene rings is 2. The molecule has 0 aliphatic carbocycles. The molecule has 0 saturated heterocycles. The standard InChI is InChI=1S/C17H19F2N/c1-11-6-14(4-5-16(11)18)9-20-10-15-7-12(2)17(19)13(3)8-15/h4-8,20H,9-10H2,1-3H3. The van der Waals surface area contributed by atoms with Crippen LogP contribution >= 0.6 is 0 Å². The summed E-state index contributed by atoms with van der Waals surface area (Å²) in [5, 5.41) is 3.29. The van der Waals surface area contributed by atoms with Crippen LogP contribution < -0.4 is 5.32 Å². The lowest BCUT2D eigenvalue weighted by molar-refractivity contribution is 0.605. The van der Waals surface area contributed by atoms with Gasteiger partial charge in [0.05, 0.1) is 0 Å². The van der Waals surface area contributed by atoms with Crippen molar-refractivity contribution < 1.29 is 8.78 Å². The van der Waals surface area contributed by atoms with Crippen LogP contribution in [0, 0.1) is 32.4 Å². The van der Waals surface area contributed by atoms with Gasteiger partial charge in [-0.3, -0.25) is 0 Å². The predicted molar refractivity (Wildman–Crippen MR) is 77.6 cm³/mol. The quantitative estimate of drug-likeness (QED) is 0.882. The Bertz CT molecular complexity index is 597. The van der Waals surface area contributed by atoms with Gasteiger partial charge in [0.2, 0.25) is 0 Å². The average molecular weight is 275 g/mol. The van der Waals surface area contributed by atoms with Crippen LogP contribution in [0.15, 0.2) is 30.3 Å². The number of rotatable bonds is 4. The molecule has 1 nitrogen and oxygen atoms in total. The Hall–Kier alpha value is -1.74. The highest BCUT2D eigenvalue weighted by molar-refractivity contribution is 5.30. The van der Waals surface area contributed by atoms with Crippen LogP contribution in [-0.2, 0) is 13.1 Å². The number of hydrogen-bond donors (Lipinski definition) is 1. The first-order chi connectivity index (χ1) is 9.47. The smallest absolute Gasteiger partial charge is 0.129 e. The van der Waals surface area contributed by atoms with E-state index in [9.17, 15) is 8.78 Å². The maximum absolute atomic E-state index is 13.5. The maximum atomic E-state index is 13.5. The van der Waals surface area contributed by atoms with E-state index < -0.39 is 0 Å². The number of nitrogens with one attached hydrogen (secondary N) is 1. The Balaban J connectivity index is 1.97. The number of halogens is 2. The van der Waals surface area contributed by atoms with Crippen molar-refractivity contribution in [3.8, 4) is 0 Å². The monoisotopic (exact) mass is 275 g/mol. The maximum Gasteiger partial charge on any atom is 0.129 e. The van der Waals surface area contributed by atoms with E-state index in [-0.39, 0.29) is 11.6 Å². The summed E-state index contributed by atoms with van der Waals surface area (Å²) in [6.07, 6.45) is 0. The molecule has 2 aromatic carbocycles. The lowest BCUT2D eigenvalue weighted by Crippen LogP contribution is -2.13. The van der Waals surface area contributed by atoms with Gasteiger partial charge in [-0.1, -0.05) is 24.3 Å². The van der Waals surface area contributed by atoms with Gasteiger partial charge >= 0.3 is 0 Å². The van der Waals surface area contributed by atoms with E-state index in [1.807, 2.05) is 18.2 Å². The summed E-state index contributed by atoms with van der Waals surface area (Å²) in [5.74, 6) is -0.318. The summed E-state index contributed by atoms with van der Waals surface area (Å²) >= 11 is 0. The van der Waals surface area contributed by atoms with Crippen LogP contribution in [0.1, 0.15) is 27.8 Å². The van der Waals surface area contributed by atoms with Crippen molar-refractivity contribution >= 4 is 0 Å². The highest BCUT2D eigenvalue weighted by atomic mass is 19.1. The fourth-order valence-electron chi connectivity index (χ4n) is 2.31. The minimum Gasteiger partial charge on any atom is -0.309 e. The normalized spacial score (nSPS) is 10.8. The molecule has 0 aliphatic rings. The molecule has 0 unspecified atom stereocenters. The molecule has 2 rings (SSSR count). The third-order valence-electron chi connectivity index (χ3n) is 3.38. The predicted octanol–water partition coefficient (Wildman–Crippen LogP) is 4.18. The Morgan fingerprint density at radius 2 is 1.35 bits per heavy atom. The summed E-state index contributed by atoms with van der Waals surface area (Å²) < 4.78 is 26.7.